The quantitative estimate of drug-likeness (QED) is 0.0769. The molecular formula is C26H25Br4ClF6N10O8. The first kappa shape index (κ1) is 44.4. The normalized spacial score (nSPS) is 28.9. The number of aliphatic hydroxyl groups excluding tert-OH is 1. The first-order chi connectivity index (χ1) is 25.2. The Kier molecular flexibility index (Phi) is 12.8. The van der Waals surface area contributed by atoms with Gasteiger partial charge in [0, 0.05) is 19.0 Å². The number of aromatic amines is 2. The fourth-order valence-electron chi connectivity index (χ4n) is 6.91. The summed E-state index contributed by atoms with van der Waals surface area (Å²) >= 11 is 20.6. The lowest BCUT2D eigenvalue weighted by Crippen LogP contribution is -2.84. The number of hydrogen-bond acceptors (Lipinski definition) is 12. The van der Waals surface area contributed by atoms with Gasteiger partial charge in [-0.3, -0.25) is 21.1 Å². The fourth-order valence-corrected chi connectivity index (χ4v) is 8.86. The molecular weight excluding hydrogens is 1050 g/mol. The molecule has 2 aromatic rings. The zero-order valence-electron chi connectivity index (χ0n) is 26.6. The topological polar surface area (TPSA) is 304 Å². The van der Waals surface area contributed by atoms with Crippen LogP contribution >= 0.6 is 75.3 Å². The van der Waals surface area contributed by atoms with E-state index in [0.29, 0.717) is 29.5 Å². The molecule has 8 atom stereocenters. The van der Waals surface area contributed by atoms with Crippen molar-refractivity contribution in [2.75, 3.05) is 13.1 Å². The number of carbonyl (C=O) groups excluding carboxylic acids is 4. The van der Waals surface area contributed by atoms with E-state index in [-0.39, 0.29) is 30.9 Å². The SMILES string of the molecule is NC1=[NH+][C@H]2[N+]3=C(N)N[C@H](O)[C@@]34[C@H](Cl)[C@@H](CNC(=O)c3cc(Br)c(Br)[nH]3)[C@H](CNC(=O)c3cc(Br)c(Br)[nH]3)[C@H]4[C@@]2(O)N1.O=C([O-])C(F)(F)F.O=C([O-])C(F)(F)F. The molecule has 55 heavy (non-hydrogen) atoms. The van der Waals surface area contributed by atoms with E-state index in [9.17, 15) is 46.1 Å². The Morgan fingerprint density at radius 2 is 1.31 bits per heavy atom. The maximum absolute atomic E-state index is 13.1. The van der Waals surface area contributed by atoms with E-state index in [1.807, 2.05) is 0 Å². The van der Waals surface area contributed by atoms with Crippen LogP contribution < -0.4 is 47.9 Å². The van der Waals surface area contributed by atoms with Gasteiger partial charge in [0.1, 0.15) is 23.3 Å². The second-order valence-corrected chi connectivity index (χ2v) is 15.8. The van der Waals surface area contributed by atoms with Gasteiger partial charge in [-0.1, -0.05) is 0 Å². The number of aliphatic hydroxyl groups is 2. The molecule has 1 aliphatic carbocycles. The number of amides is 2. The monoisotopic (exact) mass is 1070 g/mol. The molecule has 2 aromatic heterocycles. The number of fused-ring (bicyclic) bond motifs is 3. The highest BCUT2D eigenvalue weighted by atomic mass is 79.9. The van der Waals surface area contributed by atoms with E-state index >= 15 is 0 Å². The van der Waals surface area contributed by atoms with Crippen molar-refractivity contribution >= 4 is 111 Å². The lowest BCUT2D eigenvalue weighted by atomic mass is 9.77. The Hall–Kier alpha value is -3.31. The number of carboxylic acid groups (broad SMARTS) is 2. The molecule has 2 amide bonds. The second kappa shape index (κ2) is 15.9. The summed E-state index contributed by atoms with van der Waals surface area (Å²) in [6, 6.07) is 3.26. The third kappa shape index (κ3) is 8.39. The minimum Gasteiger partial charge on any atom is -0.542 e. The van der Waals surface area contributed by atoms with Crippen molar-refractivity contribution in [2.45, 2.75) is 41.4 Å². The Balaban J connectivity index is 0.000000410. The summed E-state index contributed by atoms with van der Waals surface area (Å²) in [5.41, 5.74) is 9.93. The Labute approximate surface area is 341 Å². The van der Waals surface area contributed by atoms with Gasteiger partial charge in [0.05, 0.1) is 29.4 Å². The Bertz CT molecular complexity index is 1890. The number of nitrogens with two attached hydrogens (primary N) is 2. The number of nitrogens with zero attached hydrogens (tertiary/aromatic N) is 1. The molecule has 1 spiro atoms. The Morgan fingerprint density at radius 3 is 1.69 bits per heavy atom. The van der Waals surface area contributed by atoms with Crippen molar-refractivity contribution in [1.82, 2.24) is 31.2 Å². The summed E-state index contributed by atoms with van der Waals surface area (Å²) in [6.07, 6.45) is -12.5. The molecule has 1 saturated carbocycles. The van der Waals surface area contributed by atoms with Crippen molar-refractivity contribution in [1.29, 1.82) is 0 Å². The predicted octanol–water partition coefficient (Wildman–Crippen LogP) is -3.37. The highest BCUT2D eigenvalue weighted by Gasteiger charge is 2.85. The summed E-state index contributed by atoms with van der Waals surface area (Å²) in [6.45, 7) is 0.105. The van der Waals surface area contributed by atoms with Crippen LogP contribution in [0.1, 0.15) is 21.0 Å². The van der Waals surface area contributed by atoms with Crippen LogP contribution in [0.3, 0.4) is 0 Å². The van der Waals surface area contributed by atoms with Gasteiger partial charge >= 0.3 is 24.3 Å². The maximum Gasteiger partial charge on any atom is 0.430 e. The number of guanidine groups is 2. The van der Waals surface area contributed by atoms with Crippen molar-refractivity contribution < 1.29 is 75.5 Å². The zero-order valence-corrected chi connectivity index (χ0v) is 33.7. The van der Waals surface area contributed by atoms with Gasteiger partial charge in [-0.2, -0.15) is 26.3 Å². The van der Waals surface area contributed by atoms with E-state index in [1.54, 1.807) is 16.7 Å². The van der Waals surface area contributed by atoms with Crippen LogP contribution in [0.25, 0.3) is 0 Å². The zero-order chi connectivity index (χ0) is 41.7. The van der Waals surface area contributed by atoms with E-state index < -0.39 is 77.0 Å². The first-order valence-electron chi connectivity index (χ1n) is 14.8. The van der Waals surface area contributed by atoms with Crippen molar-refractivity contribution in [2.24, 2.45) is 29.2 Å². The summed E-state index contributed by atoms with van der Waals surface area (Å²) in [7, 11) is 0. The van der Waals surface area contributed by atoms with Crippen molar-refractivity contribution in [3.05, 3.63) is 41.7 Å². The van der Waals surface area contributed by atoms with Crippen LogP contribution in [0.5, 0.6) is 0 Å². The molecule has 29 heteroatoms. The standard InChI is InChI=1S/C22H23Br4ClN10O4.2C2HF3O2/c23-7-1-9(32-13(7)25)15(38)30-3-5-6(4-31-16(39)10-2-8(24)14(26)33-10)12(27)21-11(5)22(41)17(34-19(28)36-22)37(21)20(29)35-18(21)40;2*3-2(4,5)1(6)7/h1-2,5-6,11-12,17-18,40-41H,3-4H2,(H9,28,29,30,31,32,33,34,35,36,38,39);2*(H,6,7)/t5-,6-,11+,12+,17-,18+,21+,22-;;/m0../s1. The molecule has 1 saturated heterocycles. The van der Waals surface area contributed by atoms with Gasteiger partial charge in [0.2, 0.25) is 6.23 Å². The molecule has 304 valence electrons. The summed E-state index contributed by atoms with van der Waals surface area (Å²) < 4.78 is 67.3. The molecule has 3 aliphatic heterocycles. The molecule has 4 aliphatic rings. The number of aliphatic carboxylic acids is 2. The van der Waals surface area contributed by atoms with Gasteiger partial charge in [0.25, 0.3) is 23.7 Å². The molecule has 5 heterocycles. The van der Waals surface area contributed by atoms with Crippen molar-refractivity contribution in [3.8, 4) is 0 Å². The van der Waals surface area contributed by atoms with Crippen LogP contribution in [0.4, 0.5) is 26.3 Å². The molecule has 6 rings (SSSR count). The van der Waals surface area contributed by atoms with E-state index in [1.165, 1.54) is 0 Å². The highest BCUT2D eigenvalue weighted by Crippen LogP contribution is 2.60. The fraction of sp³-hybridized carbons (Fsp3) is 0.462. The van der Waals surface area contributed by atoms with Gasteiger partial charge in [0.15, 0.2) is 5.54 Å². The number of carbonyl (C=O) groups is 4. The van der Waals surface area contributed by atoms with Gasteiger partial charge in [-0.25, -0.2) is 20.2 Å². The summed E-state index contributed by atoms with van der Waals surface area (Å²) in [5, 5.41) is 51.8. The number of rotatable bonds is 6. The van der Waals surface area contributed by atoms with Crippen LogP contribution in [0.2, 0.25) is 0 Å². The average Bonchev–Trinajstić information content (AvgIpc) is 3.83. The van der Waals surface area contributed by atoms with Crippen molar-refractivity contribution in [3.63, 3.8) is 0 Å². The molecule has 18 nitrogen and oxygen atoms in total. The summed E-state index contributed by atoms with van der Waals surface area (Å²) in [5.74, 6) is -8.52. The van der Waals surface area contributed by atoms with Gasteiger partial charge in [-0.15, -0.1) is 11.6 Å². The summed E-state index contributed by atoms with van der Waals surface area (Å²) in [4.78, 5) is 52.6. The molecule has 0 bridgehead atoms. The third-order valence-electron chi connectivity index (χ3n) is 8.87. The molecule has 0 radical (unpaired) electrons. The molecule has 2 fully saturated rings. The van der Waals surface area contributed by atoms with E-state index in [0.717, 1.165) is 0 Å². The number of carboxylic acids is 2. The molecule has 0 unspecified atom stereocenters. The predicted molar refractivity (Wildman–Crippen MR) is 183 cm³/mol. The number of hydrogen-bond donors (Lipinski definition) is 11. The minimum absolute atomic E-state index is 0.0416. The third-order valence-corrected chi connectivity index (χ3v) is 13.1. The number of alkyl halides is 7. The maximum atomic E-state index is 13.1. The lowest BCUT2D eigenvalue weighted by Gasteiger charge is -2.33. The first-order valence-corrected chi connectivity index (χ1v) is 18.4. The van der Waals surface area contributed by atoms with E-state index in [2.05, 4.69) is 99.9 Å². The number of aromatic nitrogens is 2. The van der Waals surface area contributed by atoms with Crippen LogP contribution in [0.15, 0.2) is 30.3 Å². The van der Waals surface area contributed by atoms with Crippen LogP contribution in [0, 0.1) is 17.8 Å². The largest absolute Gasteiger partial charge is 0.542 e. The lowest BCUT2D eigenvalue weighted by molar-refractivity contribution is -0.779. The average molecular weight is 1070 g/mol. The van der Waals surface area contributed by atoms with Crippen LogP contribution in [-0.4, -0.2) is 115 Å². The number of H-pyrrole nitrogens is 2. The number of halogens is 11. The second-order valence-electron chi connectivity index (χ2n) is 12.0. The van der Waals surface area contributed by atoms with E-state index in [4.69, 9.17) is 42.9 Å². The molecule has 13 N–H and O–H groups in total. The smallest absolute Gasteiger partial charge is 0.430 e. The highest BCUT2D eigenvalue weighted by molar-refractivity contribution is 9.13. The van der Waals surface area contributed by atoms with Crippen LogP contribution in [-0.2, 0) is 9.59 Å². The minimum atomic E-state index is -5.19. The van der Waals surface area contributed by atoms with Gasteiger partial charge in [-0.05, 0) is 81.8 Å². The number of nitrogens with one attached hydrogen (secondary N) is 7. The molecule has 0 aromatic carbocycles. The van der Waals surface area contributed by atoms with Gasteiger partial charge < -0.3 is 50.6 Å². The Morgan fingerprint density at radius 1 is 0.891 bits per heavy atom.